The maximum Gasteiger partial charge on any atom is 0.273 e. The number of aromatic nitrogens is 3. The molecule has 4 rings (SSSR count). The Balaban J connectivity index is 1.55. The highest BCUT2D eigenvalue weighted by atomic mass is 32.1. The summed E-state index contributed by atoms with van der Waals surface area (Å²) in [5, 5.41) is 9.08. The van der Waals surface area contributed by atoms with Gasteiger partial charge in [0.2, 0.25) is 0 Å². The second-order valence-corrected chi connectivity index (χ2v) is 7.19. The minimum Gasteiger partial charge on any atom is -0.337 e. The number of nitrogens with zero attached hydrogens (tertiary/aromatic N) is 4. The summed E-state index contributed by atoms with van der Waals surface area (Å²) < 4.78 is 1.72. The number of nitrogens with one attached hydrogen (secondary N) is 1. The van der Waals surface area contributed by atoms with Gasteiger partial charge in [-0.1, -0.05) is 18.2 Å². The molecule has 138 valence electrons. The van der Waals surface area contributed by atoms with E-state index in [1.54, 1.807) is 26.7 Å². The number of piperidine rings is 1. The zero-order chi connectivity index (χ0) is 18.7. The van der Waals surface area contributed by atoms with Crippen LogP contribution in [-0.2, 0) is 10.3 Å². The van der Waals surface area contributed by atoms with Gasteiger partial charge in [-0.05, 0) is 31.0 Å². The van der Waals surface area contributed by atoms with Crippen molar-refractivity contribution in [3.05, 3.63) is 65.4 Å². The number of hydrogen-bond donors (Lipinski definition) is 1. The number of carbonyl (C=O) groups excluding carboxylic acids is 2. The van der Waals surface area contributed by atoms with Gasteiger partial charge in [0.05, 0.1) is 5.51 Å². The normalized spacial score (nSPS) is 16.1. The number of para-hydroxylation sites is 1. The van der Waals surface area contributed by atoms with Crippen molar-refractivity contribution in [1.29, 1.82) is 0 Å². The number of hydrogen-bond acceptors (Lipinski definition) is 5. The van der Waals surface area contributed by atoms with E-state index < -0.39 is 5.54 Å². The van der Waals surface area contributed by atoms with Crippen LogP contribution in [0.2, 0.25) is 0 Å². The summed E-state index contributed by atoms with van der Waals surface area (Å²) in [7, 11) is 0. The smallest absolute Gasteiger partial charge is 0.273 e. The number of benzene rings is 1. The molecular formula is C19H19N5O2S. The van der Waals surface area contributed by atoms with Crippen LogP contribution < -0.4 is 5.32 Å². The Kier molecular flexibility index (Phi) is 4.72. The summed E-state index contributed by atoms with van der Waals surface area (Å²) >= 11 is 1.40. The number of thiazole rings is 1. The van der Waals surface area contributed by atoms with Crippen LogP contribution in [0.1, 0.15) is 23.3 Å². The molecule has 2 amide bonds. The van der Waals surface area contributed by atoms with Gasteiger partial charge in [-0.15, -0.1) is 11.3 Å². The number of anilines is 1. The molecule has 8 heteroatoms. The highest BCUT2D eigenvalue weighted by Crippen LogP contribution is 2.32. The van der Waals surface area contributed by atoms with Crippen molar-refractivity contribution in [3.63, 3.8) is 0 Å². The molecule has 3 heterocycles. The van der Waals surface area contributed by atoms with Crippen LogP contribution in [0.15, 0.2) is 59.7 Å². The number of likely N-dealkylation sites (tertiary alicyclic amines) is 1. The van der Waals surface area contributed by atoms with Gasteiger partial charge in [0.15, 0.2) is 0 Å². The SMILES string of the molecule is O=C(c1cscn1)N1CCC(C(=O)Nc2ccccc2)(n2cccn2)CC1. The van der Waals surface area contributed by atoms with E-state index in [2.05, 4.69) is 15.4 Å². The second-order valence-electron chi connectivity index (χ2n) is 6.47. The molecule has 0 saturated carbocycles. The molecule has 1 aromatic carbocycles. The maximum atomic E-state index is 13.2. The molecule has 0 aliphatic carbocycles. The van der Waals surface area contributed by atoms with Gasteiger partial charge in [0.25, 0.3) is 11.8 Å². The lowest BCUT2D eigenvalue weighted by Gasteiger charge is -2.40. The summed E-state index contributed by atoms with van der Waals surface area (Å²) in [4.78, 5) is 31.6. The lowest BCUT2D eigenvalue weighted by atomic mass is 9.86. The predicted octanol–water partition coefficient (Wildman–Crippen LogP) is 2.61. The molecule has 0 radical (unpaired) electrons. The van der Waals surface area contributed by atoms with E-state index >= 15 is 0 Å². The van der Waals surface area contributed by atoms with Gasteiger partial charge in [-0.3, -0.25) is 14.3 Å². The molecule has 2 aromatic heterocycles. The average Bonchev–Trinajstić information content (AvgIpc) is 3.42. The van der Waals surface area contributed by atoms with Gasteiger partial charge in [0.1, 0.15) is 11.2 Å². The number of rotatable bonds is 4. The Hall–Kier alpha value is -3.00. The standard InChI is InChI=1S/C19H19N5O2S/c25-17(16-13-27-14-20-16)23-11-7-19(8-12-23,24-10-4-9-21-24)18(26)22-15-5-2-1-3-6-15/h1-6,9-10,13-14H,7-8,11-12H2,(H,22,26). The molecule has 1 saturated heterocycles. The van der Waals surface area contributed by atoms with E-state index in [0.29, 0.717) is 31.6 Å². The Bertz CT molecular complexity index is 901. The van der Waals surface area contributed by atoms with Crippen LogP contribution in [0, 0.1) is 0 Å². The Morgan fingerprint density at radius 2 is 1.89 bits per heavy atom. The molecule has 0 bridgehead atoms. The molecule has 1 N–H and O–H groups in total. The number of amides is 2. The van der Waals surface area contributed by atoms with Crippen molar-refractivity contribution in [2.24, 2.45) is 0 Å². The molecule has 0 spiro atoms. The highest BCUT2D eigenvalue weighted by molar-refractivity contribution is 7.07. The third-order valence-electron chi connectivity index (χ3n) is 4.93. The predicted molar refractivity (Wildman–Crippen MR) is 103 cm³/mol. The van der Waals surface area contributed by atoms with Gasteiger partial charge < -0.3 is 10.2 Å². The van der Waals surface area contributed by atoms with Gasteiger partial charge in [0, 0.05) is 36.6 Å². The summed E-state index contributed by atoms with van der Waals surface area (Å²) in [5.74, 6) is -0.202. The fraction of sp³-hybridized carbons (Fsp3) is 0.263. The van der Waals surface area contributed by atoms with Crippen LogP contribution >= 0.6 is 11.3 Å². The van der Waals surface area contributed by atoms with E-state index in [1.807, 2.05) is 42.6 Å². The van der Waals surface area contributed by atoms with E-state index in [1.165, 1.54) is 11.3 Å². The summed E-state index contributed by atoms with van der Waals surface area (Å²) in [6.07, 6.45) is 4.46. The van der Waals surface area contributed by atoms with Crippen LogP contribution in [0.3, 0.4) is 0 Å². The molecule has 1 fully saturated rings. The second kappa shape index (κ2) is 7.32. The number of carbonyl (C=O) groups is 2. The zero-order valence-electron chi connectivity index (χ0n) is 14.6. The summed E-state index contributed by atoms with van der Waals surface area (Å²) in [6.45, 7) is 0.941. The quantitative estimate of drug-likeness (QED) is 0.753. The molecule has 3 aromatic rings. The van der Waals surface area contributed by atoms with Crippen LogP contribution in [0.5, 0.6) is 0 Å². The molecule has 0 atom stereocenters. The fourth-order valence-electron chi connectivity index (χ4n) is 3.41. The lowest BCUT2D eigenvalue weighted by Crippen LogP contribution is -2.54. The largest absolute Gasteiger partial charge is 0.337 e. The van der Waals surface area contributed by atoms with Crippen molar-refractivity contribution in [2.45, 2.75) is 18.4 Å². The molecule has 1 aliphatic rings. The van der Waals surface area contributed by atoms with Crippen molar-refractivity contribution >= 4 is 28.8 Å². The minimum absolute atomic E-state index is 0.0891. The Labute approximate surface area is 160 Å². The van der Waals surface area contributed by atoms with Crippen molar-refractivity contribution in [3.8, 4) is 0 Å². The van der Waals surface area contributed by atoms with E-state index in [0.717, 1.165) is 5.69 Å². The van der Waals surface area contributed by atoms with E-state index in [4.69, 9.17) is 0 Å². The van der Waals surface area contributed by atoms with Crippen molar-refractivity contribution in [1.82, 2.24) is 19.7 Å². The molecular weight excluding hydrogens is 362 g/mol. The third-order valence-corrected chi connectivity index (χ3v) is 5.51. The summed E-state index contributed by atoms with van der Waals surface area (Å²) in [6, 6.07) is 11.2. The zero-order valence-corrected chi connectivity index (χ0v) is 15.4. The Morgan fingerprint density at radius 3 is 2.52 bits per heavy atom. The van der Waals surface area contributed by atoms with E-state index in [9.17, 15) is 9.59 Å². The van der Waals surface area contributed by atoms with Crippen LogP contribution in [-0.4, -0.2) is 44.6 Å². The first kappa shape index (κ1) is 17.4. The molecule has 7 nitrogen and oxygen atoms in total. The minimum atomic E-state index is -0.821. The first-order valence-corrected chi connectivity index (χ1v) is 9.67. The first-order valence-electron chi connectivity index (χ1n) is 8.73. The van der Waals surface area contributed by atoms with Gasteiger partial charge >= 0.3 is 0 Å². The highest BCUT2D eigenvalue weighted by Gasteiger charge is 2.44. The average molecular weight is 381 g/mol. The monoisotopic (exact) mass is 381 g/mol. The van der Waals surface area contributed by atoms with Crippen LogP contribution in [0.4, 0.5) is 5.69 Å². The summed E-state index contributed by atoms with van der Waals surface area (Å²) in [5.41, 5.74) is 2.03. The van der Waals surface area contributed by atoms with Gasteiger partial charge in [-0.25, -0.2) is 4.98 Å². The molecule has 27 heavy (non-hydrogen) atoms. The maximum absolute atomic E-state index is 13.2. The van der Waals surface area contributed by atoms with Gasteiger partial charge in [-0.2, -0.15) is 5.10 Å². The van der Waals surface area contributed by atoms with E-state index in [-0.39, 0.29) is 11.8 Å². The Morgan fingerprint density at radius 1 is 1.11 bits per heavy atom. The molecule has 0 unspecified atom stereocenters. The lowest BCUT2D eigenvalue weighted by molar-refractivity contribution is -0.127. The van der Waals surface area contributed by atoms with Crippen molar-refractivity contribution < 1.29 is 9.59 Å². The molecule has 1 aliphatic heterocycles. The topological polar surface area (TPSA) is 80.1 Å². The fourth-order valence-corrected chi connectivity index (χ4v) is 3.94. The third kappa shape index (κ3) is 3.35. The van der Waals surface area contributed by atoms with Crippen molar-refractivity contribution in [2.75, 3.05) is 18.4 Å². The first-order chi connectivity index (χ1) is 13.2. The van der Waals surface area contributed by atoms with Crippen LogP contribution in [0.25, 0.3) is 0 Å².